The van der Waals surface area contributed by atoms with Crippen molar-refractivity contribution in [2.75, 3.05) is 6.61 Å². The van der Waals surface area contributed by atoms with E-state index in [4.69, 9.17) is 19.4 Å². The standard InChI is InChI=1S/C13H19N3O3/c1-8(2)18-7-13(4,14)12-15-11(19-16-12)10-5-9(3)17-6-10/h5-6,8H,7,14H2,1-4H3. The minimum atomic E-state index is -0.787. The minimum Gasteiger partial charge on any atom is -0.469 e. The van der Waals surface area contributed by atoms with Gasteiger partial charge in [-0.1, -0.05) is 5.16 Å². The maximum absolute atomic E-state index is 6.15. The molecular formula is C13H19N3O3. The molecule has 2 N–H and O–H groups in total. The highest BCUT2D eigenvalue weighted by Crippen LogP contribution is 2.23. The van der Waals surface area contributed by atoms with E-state index in [1.165, 1.54) is 0 Å². The quantitative estimate of drug-likeness (QED) is 0.892. The number of nitrogens with zero attached hydrogens (tertiary/aromatic N) is 2. The second-order valence-corrected chi connectivity index (χ2v) is 5.15. The van der Waals surface area contributed by atoms with Gasteiger partial charge < -0.3 is 19.4 Å². The Morgan fingerprint density at radius 2 is 2.21 bits per heavy atom. The van der Waals surface area contributed by atoms with Gasteiger partial charge >= 0.3 is 0 Å². The maximum atomic E-state index is 6.15. The zero-order chi connectivity index (χ0) is 14.0. The summed E-state index contributed by atoms with van der Waals surface area (Å²) in [7, 11) is 0. The van der Waals surface area contributed by atoms with Gasteiger partial charge in [0.15, 0.2) is 5.82 Å². The molecule has 0 saturated carbocycles. The largest absolute Gasteiger partial charge is 0.469 e. The molecule has 0 fully saturated rings. The van der Waals surface area contributed by atoms with Crippen LogP contribution in [0.3, 0.4) is 0 Å². The lowest BCUT2D eigenvalue weighted by Crippen LogP contribution is -2.40. The molecule has 1 atom stereocenters. The van der Waals surface area contributed by atoms with E-state index in [-0.39, 0.29) is 6.10 Å². The summed E-state index contributed by atoms with van der Waals surface area (Å²) in [6.45, 7) is 7.89. The molecule has 2 rings (SSSR count). The van der Waals surface area contributed by atoms with Gasteiger partial charge in [-0.25, -0.2) is 0 Å². The third kappa shape index (κ3) is 3.21. The van der Waals surface area contributed by atoms with Crippen LogP contribution < -0.4 is 5.73 Å². The van der Waals surface area contributed by atoms with E-state index in [0.29, 0.717) is 18.3 Å². The molecule has 19 heavy (non-hydrogen) atoms. The van der Waals surface area contributed by atoms with Gasteiger partial charge in [0.2, 0.25) is 0 Å². The topological polar surface area (TPSA) is 87.3 Å². The number of hydrogen-bond acceptors (Lipinski definition) is 6. The van der Waals surface area contributed by atoms with Crippen LogP contribution in [0.25, 0.3) is 11.5 Å². The van der Waals surface area contributed by atoms with Gasteiger partial charge in [-0.05, 0) is 33.8 Å². The Labute approximate surface area is 111 Å². The summed E-state index contributed by atoms with van der Waals surface area (Å²) in [6.07, 6.45) is 1.68. The predicted octanol–water partition coefficient (Wildman–Crippen LogP) is 2.24. The van der Waals surface area contributed by atoms with Gasteiger partial charge in [-0.3, -0.25) is 0 Å². The van der Waals surface area contributed by atoms with E-state index in [9.17, 15) is 0 Å². The number of ether oxygens (including phenoxy) is 1. The van der Waals surface area contributed by atoms with E-state index < -0.39 is 5.54 Å². The predicted molar refractivity (Wildman–Crippen MR) is 69.4 cm³/mol. The van der Waals surface area contributed by atoms with Crippen molar-refractivity contribution in [3.05, 3.63) is 23.9 Å². The molecule has 2 heterocycles. The summed E-state index contributed by atoms with van der Waals surface area (Å²) in [5, 5.41) is 3.92. The summed E-state index contributed by atoms with van der Waals surface area (Å²) < 4.78 is 15.9. The van der Waals surface area contributed by atoms with Crippen LogP contribution in [0.15, 0.2) is 21.3 Å². The molecule has 0 radical (unpaired) electrons. The Bertz CT molecular complexity index is 543. The molecule has 0 aliphatic carbocycles. The first-order valence-electron chi connectivity index (χ1n) is 6.18. The first kappa shape index (κ1) is 13.8. The van der Waals surface area contributed by atoms with Gasteiger partial charge in [-0.2, -0.15) is 4.98 Å². The van der Waals surface area contributed by atoms with Crippen molar-refractivity contribution < 1.29 is 13.7 Å². The van der Waals surface area contributed by atoms with Gasteiger partial charge in [-0.15, -0.1) is 0 Å². The average molecular weight is 265 g/mol. The van der Waals surface area contributed by atoms with Gasteiger partial charge in [0, 0.05) is 0 Å². The zero-order valence-corrected chi connectivity index (χ0v) is 11.6. The van der Waals surface area contributed by atoms with Crippen molar-refractivity contribution in [2.24, 2.45) is 5.73 Å². The molecule has 0 aliphatic rings. The second-order valence-electron chi connectivity index (χ2n) is 5.15. The monoisotopic (exact) mass is 265 g/mol. The highest BCUT2D eigenvalue weighted by atomic mass is 16.5. The fourth-order valence-electron chi connectivity index (χ4n) is 1.53. The molecule has 0 amide bonds. The summed E-state index contributed by atoms with van der Waals surface area (Å²) in [5.74, 6) is 1.60. The molecule has 0 bridgehead atoms. The lowest BCUT2D eigenvalue weighted by Gasteiger charge is -2.21. The smallest absolute Gasteiger partial charge is 0.261 e. The molecule has 0 saturated heterocycles. The summed E-state index contributed by atoms with van der Waals surface area (Å²) in [5.41, 5.74) is 6.11. The molecule has 0 aliphatic heterocycles. The molecular weight excluding hydrogens is 246 g/mol. The molecule has 0 aromatic carbocycles. The highest BCUT2D eigenvalue weighted by Gasteiger charge is 2.28. The Balaban J connectivity index is 2.16. The van der Waals surface area contributed by atoms with Crippen molar-refractivity contribution in [3.63, 3.8) is 0 Å². The van der Waals surface area contributed by atoms with Crippen LogP contribution >= 0.6 is 0 Å². The molecule has 1 unspecified atom stereocenters. The third-order valence-electron chi connectivity index (χ3n) is 2.63. The minimum absolute atomic E-state index is 0.103. The maximum Gasteiger partial charge on any atom is 0.261 e. The fraction of sp³-hybridized carbons (Fsp3) is 0.538. The number of furan rings is 1. The van der Waals surface area contributed by atoms with Gasteiger partial charge in [0.05, 0.1) is 18.3 Å². The van der Waals surface area contributed by atoms with Crippen LogP contribution in [0.5, 0.6) is 0 Å². The Morgan fingerprint density at radius 3 is 2.79 bits per heavy atom. The Kier molecular flexibility index (Phi) is 3.73. The van der Waals surface area contributed by atoms with Crippen LogP contribution in [-0.4, -0.2) is 22.9 Å². The van der Waals surface area contributed by atoms with Gasteiger partial charge in [0.25, 0.3) is 5.89 Å². The Hall–Kier alpha value is -1.66. The van der Waals surface area contributed by atoms with E-state index in [2.05, 4.69) is 10.1 Å². The highest BCUT2D eigenvalue weighted by molar-refractivity contribution is 5.51. The fourth-order valence-corrected chi connectivity index (χ4v) is 1.53. The van der Waals surface area contributed by atoms with Crippen molar-refractivity contribution in [2.45, 2.75) is 39.3 Å². The average Bonchev–Trinajstić information content (AvgIpc) is 2.94. The SMILES string of the molecule is Cc1cc(-c2nc(C(C)(N)COC(C)C)no2)co1. The molecule has 6 nitrogen and oxygen atoms in total. The van der Waals surface area contributed by atoms with Crippen molar-refractivity contribution in [1.82, 2.24) is 10.1 Å². The number of aryl methyl sites for hydroxylation is 1. The first-order chi connectivity index (χ1) is 8.88. The third-order valence-corrected chi connectivity index (χ3v) is 2.63. The molecule has 2 aromatic rings. The normalized spacial score (nSPS) is 14.8. The lowest BCUT2D eigenvalue weighted by atomic mass is 10.1. The van der Waals surface area contributed by atoms with Crippen LogP contribution in [0.1, 0.15) is 32.4 Å². The van der Waals surface area contributed by atoms with E-state index in [1.54, 1.807) is 6.26 Å². The number of hydrogen-bond donors (Lipinski definition) is 1. The zero-order valence-electron chi connectivity index (χ0n) is 11.6. The van der Waals surface area contributed by atoms with Crippen LogP contribution in [0.2, 0.25) is 0 Å². The van der Waals surface area contributed by atoms with Crippen LogP contribution in [0.4, 0.5) is 0 Å². The molecule has 2 aromatic heterocycles. The summed E-state index contributed by atoms with van der Waals surface area (Å²) >= 11 is 0. The summed E-state index contributed by atoms with van der Waals surface area (Å²) in [6, 6.07) is 1.83. The number of aromatic nitrogens is 2. The van der Waals surface area contributed by atoms with E-state index >= 15 is 0 Å². The van der Waals surface area contributed by atoms with E-state index in [0.717, 1.165) is 11.3 Å². The molecule has 6 heteroatoms. The molecule has 104 valence electrons. The van der Waals surface area contributed by atoms with Crippen molar-refractivity contribution in [3.8, 4) is 11.5 Å². The van der Waals surface area contributed by atoms with Crippen LogP contribution in [-0.2, 0) is 10.3 Å². The second kappa shape index (κ2) is 5.14. The van der Waals surface area contributed by atoms with E-state index in [1.807, 2.05) is 33.8 Å². The van der Waals surface area contributed by atoms with Gasteiger partial charge in [0.1, 0.15) is 17.6 Å². The van der Waals surface area contributed by atoms with Crippen molar-refractivity contribution in [1.29, 1.82) is 0 Å². The summed E-state index contributed by atoms with van der Waals surface area (Å²) in [4.78, 5) is 4.30. The molecule has 0 spiro atoms. The number of nitrogens with two attached hydrogens (primary N) is 1. The van der Waals surface area contributed by atoms with Crippen LogP contribution in [0, 0.1) is 6.92 Å². The number of rotatable bonds is 5. The Morgan fingerprint density at radius 1 is 1.47 bits per heavy atom. The first-order valence-corrected chi connectivity index (χ1v) is 6.18. The van der Waals surface area contributed by atoms with Crippen molar-refractivity contribution >= 4 is 0 Å². The lowest BCUT2D eigenvalue weighted by molar-refractivity contribution is 0.0410.